The summed E-state index contributed by atoms with van der Waals surface area (Å²) in [6.07, 6.45) is 2.56. The predicted molar refractivity (Wildman–Crippen MR) is 82.0 cm³/mol. The third kappa shape index (κ3) is 4.14. The average molecular weight is 329 g/mol. The fraction of sp³-hybridized carbons (Fsp3) is 0.267. The number of aliphatic hydroxyl groups excluding tert-OH is 1. The molecular weight excluding hydrogens is 314 g/mol. The van der Waals surface area contributed by atoms with E-state index in [1.165, 1.54) is 12.1 Å². The largest absolute Gasteiger partial charge is 0.387 e. The molecule has 0 radical (unpaired) electrons. The van der Waals surface area contributed by atoms with Crippen LogP contribution in [0.3, 0.4) is 0 Å². The van der Waals surface area contributed by atoms with Gasteiger partial charge in [-0.25, -0.2) is 4.39 Å². The first-order valence-corrected chi connectivity index (χ1v) is 7.20. The Kier molecular flexibility index (Phi) is 5.53. The molecule has 0 bridgehead atoms. The molecular formula is C15H15Cl2FN2O. The van der Waals surface area contributed by atoms with E-state index >= 15 is 0 Å². The summed E-state index contributed by atoms with van der Waals surface area (Å²) in [5.41, 5.74) is 1.36. The summed E-state index contributed by atoms with van der Waals surface area (Å²) < 4.78 is 13.5. The van der Waals surface area contributed by atoms with Crippen LogP contribution in [-0.4, -0.2) is 16.6 Å². The van der Waals surface area contributed by atoms with Crippen LogP contribution in [0.1, 0.15) is 30.2 Å². The number of pyridine rings is 1. The molecule has 0 amide bonds. The molecule has 21 heavy (non-hydrogen) atoms. The lowest BCUT2D eigenvalue weighted by atomic mass is 10.1. The molecule has 2 atom stereocenters. The van der Waals surface area contributed by atoms with Crippen LogP contribution < -0.4 is 5.32 Å². The molecule has 2 aromatic rings. The first-order chi connectivity index (χ1) is 9.99. The minimum atomic E-state index is -0.675. The maximum Gasteiger partial charge on any atom is 0.142 e. The van der Waals surface area contributed by atoms with Crippen LogP contribution in [0.4, 0.5) is 4.39 Å². The Labute approximate surface area is 132 Å². The van der Waals surface area contributed by atoms with E-state index in [0.717, 1.165) is 5.56 Å². The second kappa shape index (κ2) is 7.18. The number of hydrogen-bond donors (Lipinski definition) is 2. The van der Waals surface area contributed by atoms with Gasteiger partial charge in [0, 0.05) is 30.0 Å². The fourth-order valence-electron chi connectivity index (χ4n) is 1.97. The molecule has 0 saturated carbocycles. The summed E-state index contributed by atoms with van der Waals surface area (Å²) in [6.45, 7) is 2.15. The highest BCUT2D eigenvalue weighted by Gasteiger charge is 2.15. The van der Waals surface area contributed by atoms with E-state index in [4.69, 9.17) is 23.2 Å². The van der Waals surface area contributed by atoms with Crippen LogP contribution in [0.25, 0.3) is 0 Å². The zero-order chi connectivity index (χ0) is 15.4. The van der Waals surface area contributed by atoms with Crippen molar-refractivity contribution in [3.05, 3.63) is 63.6 Å². The van der Waals surface area contributed by atoms with Crippen molar-refractivity contribution < 1.29 is 9.50 Å². The summed E-state index contributed by atoms with van der Waals surface area (Å²) in [5, 5.41) is 13.6. The summed E-state index contributed by atoms with van der Waals surface area (Å²) in [5.74, 6) is -0.514. The highest BCUT2D eigenvalue weighted by Crippen LogP contribution is 2.28. The van der Waals surface area contributed by atoms with Crippen LogP contribution in [0.5, 0.6) is 0 Å². The minimum Gasteiger partial charge on any atom is -0.387 e. The van der Waals surface area contributed by atoms with Crippen molar-refractivity contribution in [2.24, 2.45) is 0 Å². The van der Waals surface area contributed by atoms with Gasteiger partial charge in [0.2, 0.25) is 0 Å². The van der Waals surface area contributed by atoms with Gasteiger partial charge in [-0.15, -0.1) is 0 Å². The van der Waals surface area contributed by atoms with E-state index in [9.17, 15) is 9.50 Å². The third-order valence-corrected chi connectivity index (χ3v) is 3.83. The number of rotatable bonds is 5. The van der Waals surface area contributed by atoms with Crippen molar-refractivity contribution in [1.82, 2.24) is 10.3 Å². The standard InChI is InChI=1S/C15H15Cl2FN2O/c1-9(11-6-14(18)13(17)7-12(11)16)20-8-15(21)10-2-4-19-5-3-10/h2-7,9,15,20-21H,8H2,1H3. The molecule has 0 aliphatic rings. The van der Waals surface area contributed by atoms with Gasteiger partial charge in [-0.05, 0) is 42.3 Å². The highest BCUT2D eigenvalue weighted by molar-refractivity contribution is 6.35. The summed E-state index contributed by atoms with van der Waals surface area (Å²) in [6, 6.07) is 5.95. The topological polar surface area (TPSA) is 45.1 Å². The molecule has 1 aromatic carbocycles. The lowest BCUT2D eigenvalue weighted by Gasteiger charge is -2.19. The zero-order valence-electron chi connectivity index (χ0n) is 11.4. The van der Waals surface area contributed by atoms with Crippen LogP contribution in [0, 0.1) is 5.82 Å². The van der Waals surface area contributed by atoms with Gasteiger partial charge in [-0.3, -0.25) is 4.98 Å². The summed E-state index contributed by atoms with van der Waals surface area (Å²) in [4.78, 5) is 3.90. The van der Waals surface area contributed by atoms with Gasteiger partial charge < -0.3 is 10.4 Å². The Morgan fingerprint density at radius 3 is 2.57 bits per heavy atom. The maximum absolute atomic E-state index is 13.5. The number of hydrogen-bond acceptors (Lipinski definition) is 3. The molecule has 0 spiro atoms. The first-order valence-electron chi connectivity index (χ1n) is 6.45. The van der Waals surface area contributed by atoms with E-state index in [1.54, 1.807) is 24.5 Å². The van der Waals surface area contributed by atoms with E-state index < -0.39 is 11.9 Å². The molecule has 6 heteroatoms. The average Bonchev–Trinajstić information content (AvgIpc) is 2.49. The highest BCUT2D eigenvalue weighted by atomic mass is 35.5. The van der Waals surface area contributed by atoms with Crippen molar-refractivity contribution >= 4 is 23.2 Å². The second-order valence-corrected chi connectivity index (χ2v) is 5.53. The number of halogens is 3. The summed E-state index contributed by atoms with van der Waals surface area (Å²) >= 11 is 11.7. The normalized spacial score (nSPS) is 14.0. The van der Waals surface area contributed by atoms with Gasteiger partial charge in [0.15, 0.2) is 0 Å². The number of benzene rings is 1. The smallest absolute Gasteiger partial charge is 0.142 e. The van der Waals surface area contributed by atoms with Gasteiger partial charge in [0.1, 0.15) is 5.82 Å². The third-order valence-electron chi connectivity index (χ3n) is 3.21. The minimum absolute atomic E-state index is 0.00669. The molecule has 112 valence electrons. The van der Waals surface area contributed by atoms with E-state index in [0.29, 0.717) is 17.1 Å². The number of nitrogens with one attached hydrogen (secondary N) is 1. The molecule has 0 aliphatic heterocycles. The van der Waals surface area contributed by atoms with Crippen molar-refractivity contribution in [2.45, 2.75) is 19.1 Å². The lowest BCUT2D eigenvalue weighted by Crippen LogP contribution is -2.25. The summed E-state index contributed by atoms with van der Waals surface area (Å²) in [7, 11) is 0. The zero-order valence-corrected chi connectivity index (χ0v) is 12.9. The molecule has 0 fully saturated rings. The van der Waals surface area contributed by atoms with E-state index in [-0.39, 0.29) is 11.1 Å². The van der Waals surface area contributed by atoms with Gasteiger partial charge in [0.05, 0.1) is 11.1 Å². The van der Waals surface area contributed by atoms with Gasteiger partial charge in [-0.2, -0.15) is 0 Å². The van der Waals surface area contributed by atoms with Crippen molar-refractivity contribution in [1.29, 1.82) is 0 Å². The molecule has 0 aliphatic carbocycles. The Hall–Kier alpha value is -1.20. The lowest BCUT2D eigenvalue weighted by molar-refractivity contribution is 0.170. The Morgan fingerprint density at radius 1 is 1.24 bits per heavy atom. The van der Waals surface area contributed by atoms with Crippen molar-refractivity contribution in [3.63, 3.8) is 0 Å². The van der Waals surface area contributed by atoms with Crippen LogP contribution in [0.2, 0.25) is 10.0 Å². The quantitative estimate of drug-likeness (QED) is 0.818. The molecule has 2 N–H and O–H groups in total. The van der Waals surface area contributed by atoms with Gasteiger partial charge in [-0.1, -0.05) is 23.2 Å². The Balaban J connectivity index is 2.02. The van der Waals surface area contributed by atoms with Crippen molar-refractivity contribution in [3.8, 4) is 0 Å². The second-order valence-electron chi connectivity index (χ2n) is 4.71. The Morgan fingerprint density at radius 2 is 1.90 bits per heavy atom. The van der Waals surface area contributed by atoms with E-state index in [2.05, 4.69) is 10.3 Å². The van der Waals surface area contributed by atoms with Crippen LogP contribution in [0.15, 0.2) is 36.7 Å². The fourth-order valence-corrected chi connectivity index (χ4v) is 2.52. The number of aromatic nitrogens is 1. The monoisotopic (exact) mass is 328 g/mol. The molecule has 2 rings (SSSR count). The Bertz CT molecular complexity index is 610. The molecule has 0 saturated heterocycles. The van der Waals surface area contributed by atoms with Gasteiger partial charge in [0.25, 0.3) is 0 Å². The number of aliphatic hydroxyl groups is 1. The molecule has 1 aromatic heterocycles. The van der Waals surface area contributed by atoms with Gasteiger partial charge >= 0.3 is 0 Å². The molecule has 2 unspecified atom stereocenters. The van der Waals surface area contributed by atoms with E-state index in [1.807, 2.05) is 6.92 Å². The predicted octanol–water partition coefficient (Wildman–Crippen LogP) is 3.91. The van der Waals surface area contributed by atoms with Crippen LogP contribution >= 0.6 is 23.2 Å². The van der Waals surface area contributed by atoms with Crippen molar-refractivity contribution in [2.75, 3.05) is 6.54 Å². The number of nitrogens with zero attached hydrogens (tertiary/aromatic N) is 1. The molecule has 1 heterocycles. The van der Waals surface area contributed by atoms with Crippen LogP contribution in [-0.2, 0) is 0 Å². The maximum atomic E-state index is 13.5. The first kappa shape index (κ1) is 16.2. The SMILES string of the molecule is CC(NCC(O)c1ccncc1)c1cc(F)c(Cl)cc1Cl. The molecule has 3 nitrogen and oxygen atoms in total.